The Labute approximate surface area is 223 Å². The van der Waals surface area contributed by atoms with Gasteiger partial charge in [-0.1, -0.05) is 18.2 Å². The molecule has 0 spiro atoms. The van der Waals surface area contributed by atoms with Crippen LogP contribution in [0.5, 0.6) is 5.75 Å². The number of rotatable bonds is 10. The van der Waals surface area contributed by atoms with Gasteiger partial charge in [0.2, 0.25) is 5.60 Å². The number of para-hydroxylation sites is 1. The van der Waals surface area contributed by atoms with Crippen LogP contribution in [0, 0.1) is 11.3 Å². The van der Waals surface area contributed by atoms with E-state index in [1.165, 1.54) is 42.9 Å². The van der Waals surface area contributed by atoms with Gasteiger partial charge in [-0.2, -0.15) is 15.4 Å². The number of nitrogens with one attached hydrogen (secondary N) is 1. The minimum Gasteiger partial charge on any atom is -0.465 e. The summed E-state index contributed by atoms with van der Waals surface area (Å²) < 4.78 is 37.2. The largest absolute Gasteiger partial charge is 0.465 e. The Kier molecular flexibility index (Phi) is 7.94. The molecule has 1 aliphatic heterocycles. The van der Waals surface area contributed by atoms with Crippen molar-refractivity contribution >= 4 is 25.1 Å². The molecule has 208 valence electrons. The molecule has 1 fully saturated rings. The van der Waals surface area contributed by atoms with Crippen molar-refractivity contribution in [3.63, 3.8) is 0 Å². The Morgan fingerprint density at radius 1 is 1.36 bits per heavy atom. The van der Waals surface area contributed by atoms with Crippen LogP contribution in [-0.4, -0.2) is 67.8 Å². The van der Waals surface area contributed by atoms with Crippen LogP contribution in [0.3, 0.4) is 0 Å². The molecule has 0 saturated carbocycles. The lowest BCUT2D eigenvalue weighted by Gasteiger charge is -2.29. The SMILES string of the molecule is CCOC(=O)[C@H](C)NP(=O)(OC[C@H]1O[C@@](C#N)(c2ccc3c(N)ncnn23)[C@H](O)[C@@]1(C)O)Oc1ccccc1. The molecule has 1 unspecified atom stereocenters. The summed E-state index contributed by atoms with van der Waals surface area (Å²) in [6, 6.07) is 11.9. The number of hydrogen-bond acceptors (Lipinski definition) is 12. The number of carbonyl (C=O) groups is 1. The average molecular weight is 561 g/mol. The molecule has 3 heterocycles. The Hall–Kier alpha value is -3.57. The van der Waals surface area contributed by atoms with Gasteiger partial charge < -0.3 is 29.9 Å². The first-order valence-electron chi connectivity index (χ1n) is 12.0. The molecule has 4 rings (SSSR count). The number of nitriles is 1. The second kappa shape index (κ2) is 10.9. The number of aliphatic hydroxyl groups excluding tert-OH is 1. The highest BCUT2D eigenvalue weighted by atomic mass is 31.2. The van der Waals surface area contributed by atoms with Crippen molar-refractivity contribution in [1.82, 2.24) is 19.7 Å². The van der Waals surface area contributed by atoms with Crippen molar-refractivity contribution in [2.75, 3.05) is 18.9 Å². The van der Waals surface area contributed by atoms with E-state index in [1.807, 2.05) is 6.07 Å². The summed E-state index contributed by atoms with van der Waals surface area (Å²) in [5, 5.41) is 39.2. The molecular formula is C24H29N6O8P. The number of anilines is 1. The highest BCUT2D eigenvalue weighted by Crippen LogP contribution is 2.49. The van der Waals surface area contributed by atoms with Gasteiger partial charge in [0.05, 0.1) is 18.9 Å². The van der Waals surface area contributed by atoms with Gasteiger partial charge in [0.15, 0.2) is 5.82 Å². The maximum Gasteiger partial charge on any atom is 0.459 e. The number of esters is 1. The fourth-order valence-electron chi connectivity index (χ4n) is 4.21. The number of aliphatic hydroxyl groups is 2. The van der Waals surface area contributed by atoms with Crippen molar-refractivity contribution in [2.24, 2.45) is 0 Å². The highest BCUT2D eigenvalue weighted by molar-refractivity contribution is 7.52. The zero-order valence-corrected chi connectivity index (χ0v) is 22.3. The quantitative estimate of drug-likeness (QED) is 0.204. The molecule has 6 atom stereocenters. The third-order valence-corrected chi connectivity index (χ3v) is 7.95. The summed E-state index contributed by atoms with van der Waals surface area (Å²) in [5.41, 5.74) is 2.16. The lowest BCUT2D eigenvalue weighted by molar-refractivity contribution is -0.144. The van der Waals surface area contributed by atoms with Gasteiger partial charge in [-0.25, -0.2) is 14.1 Å². The highest BCUT2D eigenvalue weighted by Gasteiger charge is 2.64. The number of nitrogen functional groups attached to an aromatic ring is 1. The third-order valence-electron chi connectivity index (χ3n) is 6.30. The lowest BCUT2D eigenvalue weighted by atomic mass is 9.84. The molecule has 1 aromatic carbocycles. The molecule has 3 aromatic rings. The lowest BCUT2D eigenvalue weighted by Crippen LogP contribution is -2.49. The Morgan fingerprint density at radius 3 is 2.74 bits per heavy atom. The van der Waals surface area contributed by atoms with Crippen molar-refractivity contribution in [3.8, 4) is 11.8 Å². The average Bonchev–Trinajstić information content (AvgIpc) is 3.42. The number of ether oxygens (including phenoxy) is 2. The summed E-state index contributed by atoms with van der Waals surface area (Å²) in [6.45, 7) is 3.79. The van der Waals surface area contributed by atoms with Crippen LogP contribution in [0.15, 0.2) is 48.8 Å². The van der Waals surface area contributed by atoms with E-state index in [0.29, 0.717) is 5.52 Å². The zero-order valence-electron chi connectivity index (χ0n) is 21.4. The Bertz CT molecular complexity index is 1430. The van der Waals surface area contributed by atoms with Crippen LogP contribution in [0.4, 0.5) is 5.82 Å². The number of nitrogens with two attached hydrogens (primary N) is 1. The molecule has 5 N–H and O–H groups in total. The van der Waals surface area contributed by atoms with E-state index in [-0.39, 0.29) is 23.9 Å². The van der Waals surface area contributed by atoms with E-state index >= 15 is 0 Å². The molecule has 0 aliphatic carbocycles. The number of nitrogens with zero attached hydrogens (tertiary/aromatic N) is 4. The summed E-state index contributed by atoms with van der Waals surface area (Å²) in [5.74, 6) is -0.390. The molecule has 14 nitrogen and oxygen atoms in total. The third kappa shape index (κ3) is 5.33. The molecule has 0 radical (unpaired) electrons. The first kappa shape index (κ1) is 28.4. The normalized spacial score (nSPS) is 27.0. The van der Waals surface area contributed by atoms with E-state index < -0.39 is 49.8 Å². The van der Waals surface area contributed by atoms with E-state index in [4.69, 9.17) is 24.3 Å². The van der Waals surface area contributed by atoms with Gasteiger partial charge in [0, 0.05) is 0 Å². The van der Waals surface area contributed by atoms with Crippen LogP contribution in [-0.2, 0) is 29.0 Å². The van der Waals surface area contributed by atoms with Crippen LogP contribution < -0.4 is 15.3 Å². The van der Waals surface area contributed by atoms with Crippen LogP contribution in [0.25, 0.3) is 5.52 Å². The second-order valence-electron chi connectivity index (χ2n) is 9.04. The predicted octanol–water partition coefficient (Wildman–Crippen LogP) is 1.29. The first-order chi connectivity index (χ1) is 18.5. The Balaban J connectivity index is 1.62. The maximum atomic E-state index is 13.8. The molecule has 0 amide bonds. The van der Waals surface area contributed by atoms with Crippen LogP contribution >= 0.6 is 7.75 Å². The second-order valence-corrected chi connectivity index (χ2v) is 10.7. The fraction of sp³-hybridized carbons (Fsp3) is 0.417. The van der Waals surface area contributed by atoms with Gasteiger partial charge >= 0.3 is 13.7 Å². The van der Waals surface area contributed by atoms with Gasteiger partial charge in [0.1, 0.15) is 47.5 Å². The molecule has 39 heavy (non-hydrogen) atoms. The van der Waals surface area contributed by atoms with Crippen LogP contribution in [0.2, 0.25) is 0 Å². The van der Waals surface area contributed by atoms with Gasteiger partial charge in [0.25, 0.3) is 0 Å². The van der Waals surface area contributed by atoms with Crippen LogP contribution in [0.1, 0.15) is 26.5 Å². The first-order valence-corrected chi connectivity index (χ1v) is 13.5. The number of benzene rings is 1. The van der Waals surface area contributed by atoms with Gasteiger partial charge in [-0.3, -0.25) is 9.32 Å². The molecule has 15 heteroatoms. The summed E-state index contributed by atoms with van der Waals surface area (Å²) in [4.78, 5) is 16.1. The molecule has 0 bridgehead atoms. The van der Waals surface area contributed by atoms with Crippen molar-refractivity contribution in [3.05, 3.63) is 54.5 Å². The Morgan fingerprint density at radius 2 is 2.08 bits per heavy atom. The minimum absolute atomic E-state index is 0.0853. The monoisotopic (exact) mass is 560 g/mol. The predicted molar refractivity (Wildman–Crippen MR) is 136 cm³/mol. The standard InChI is InChI=1S/C24H29N6O8P/c1-4-35-21(31)15(2)29-39(34,38-16-8-6-5-7-9-16)36-12-19-23(3,33)22(32)24(13-25,37-19)18-11-10-17-20(26)27-14-28-30(17)18/h5-11,14-15,19,22,32-33H,4,12H2,1-3H3,(H,29,34)(H2,26,27,28)/t15-,19+,22+,23-,24-,39?/m0/s1. The van der Waals surface area contributed by atoms with Gasteiger partial charge in [-0.05, 0) is 45.0 Å². The van der Waals surface area contributed by atoms with Crippen molar-refractivity contribution < 1.29 is 38.1 Å². The van der Waals surface area contributed by atoms with E-state index in [9.17, 15) is 24.8 Å². The summed E-state index contributed by atoms with van der Waals surface area (Å²) in [6.07, 6.45) is -2.01. The van der Waals surface area contributed by atoms with Crippen molar-refractivity contribution in [2.45, 2.75) is 50.2 Å². The molecule has 1 saturated heterocycles. The van der Waals surface area contributed by atoms with E-state index in [2.05, 4.69) is 15.2 Å². The topological polar surface area (TPSA) is 204 Å². The fourth-order valence-corrected chi connectivity index (χ4v) is 5.70. The number of aromatic nitrogens is 3. The zero-order chi connectivity index (χ0) is 28.4. The van der Waals surface area contributed by atoms with Gasteiger partial charge in [-0.15, -0.1) is 0 Å². The smallest absolute Gasteiger partial charge is 0.459 e. The molecular weight excluding hydrogens is 531 g/mol. The van der Waals surface area contributed by atoms with E-state index in [1.54, 1.807) is 31.2 Å². The molecule has 2 aromatic heterocycles. The molecule has 1 aliphatic rings. The summed E-state index contributed by atoms with van der Waals surface area (Å²) >= 11 is 0. The van der Waals surface area contributed by atoms with Crippen molar-refractivity contribution in [1.29, 1.82) is 5.26 Å². The van der Waals surface area contributed by atoms with E-state index in [0.717, 1.165) is 0 Å². The minimum atomic E-state index is -4.31. The number of carbonyl (C=O) groups excluding carboxylic acids is 1. The maximum absolute atomic E-state index is 13.8. The summed E-state index contributed by atoms with van der Waals surface area (Å²) in [7, 11) is -4.31. The number of fused-ring (bicyclic) bond motifs is 1. The number of hydrogen-bond donors (Lipinski definition) is 4.